The summed E-state index contributed by atoms with van der Waals surface area (Å²) in [6.45, 7) is 5.63. The Hall–Kier alpha value is -3.50. The van der Waals surface area contributed by atoms with E-state index < -0.39 is 6.10 Å². The number of amides is 1. The number of anilines is 2. The zero-order valence-corrected chi connectivity index (χ0v) is 20.9. The third-order valence-electron chi connectivity index (χ3n) is 6.51. The van der Waals surface area contributed by atoms with E-state index in [1.807, 2.05) is 6.92 Å². The highest BCUT2D eigenvalue weighted by molar-refractivity contribution is 6.31. The molecule has 1 atom stereocenters. The first kappa shape index (κ1) is 24.2. The Labute approximate surface area is 213 Å². The van der Waals surface area contributed by atoms with Crippen LogP contribution in [0.4, 0.5) is 11.6 Å². The van der Waals surface area contributed by atoms with E-state index in [2.05, 4.69) is 19.9 Å². The van der Waals surface area contributed by atoms with Crippen molar-refractivity contribution in [3.05, 3.63) is 63.4 Å². The topological polar surface area (TPSA) is 114 Å². The van der Waals surface area contributed by atoms with Crippen molar-refractivity contribution < 1.29 is 14.6 Å². The van der Waals surface area contributed by atoms with Crippen LogP contribution in [0.2, 0.25) is 5.02 Å². The van der Waals surface area contributed by atoms with Crippen LogP contribution in [0.1, 0.15) is 30.5 Å². The zero-order valence-electron chi connectivity index (χ0n) is 20.1. The number of carbonyl (C=O) groups excluding carboxylic acids is 1. The summed E-state index contributed by atoms with van der Waals surface area (Å²) < 4.78 is 7.44. The maximum atomic E-state index is 12.9. The minimum Gasteiger partial charge on any atom is -0.488 e. The summed E-state index contributed by atoms with van der Waals surface area (Å²) >= 11 is 6.50. The molecule has 0 radical (unpaired) electrons. The van der Waals surface area contributed by atoms with Crippen molar-refractivity contribution in [1.29, 1.82) is 0 Å². The molecular weight excluding hydrogens is 484 g/mol. The van der Waals surface area contributed by atoms with Crippen molar-refractivity contribution >= 4 is 29.1 Å². The van der Waals surface area contributed by atoms with Crippen LogP contribution in [0.5, 0.6) is 5.75 Å². The second kappa shape index (κ2) is 9.87. The molecule has 11 heteroatoms. The minimum atomic E-state index is -0.985. The normalized spacial score (nSPS) is 18.7. The Morgan fingerprint density at radius 2 is 1.78 bits per heavy atom. The highest BCUT2D eigenvalue weighted by Crippen LogP contribution is 2.28. The predicted octanol–water partition coefficient (Wildman–Crippen LogP) is 2.44. The van der Waals surface area contributed by atoms with Gasteiger partial charge in [0.1, 0.15) is 23.8 Å². The summed E-state index contributed by atoms with van der Waals surface area (Å²) in [5.74, 6) is 1.09. The molecule has 3 aromatic rings. The molecular formula is C25H27ClN6O4. The number of hydrogen-bond acceptors (Lipinski definition) is 8. The first-order valence-corrected chi connectivity index (χ1v) is 12.3. The van der Waals surface area contributed by atoms with Crippen molar-refractivity contribution in [2.24, 2.45) is 0 Å². The molecule has 0 aliphatic carbocycles. The second-order valence-electron chi connectivity index (χ2n) is 9.13. The Kier molecular flexibility index (Phi) is 6.63. The molecule has 0 aromatic carbocycles. The van der Waals surface area contributed by atoms with Crippen LogP contribution in [0.15, 0.2) is 41.6 Å². The zero-order chi connectivity index (χ0) is 25.4. The van der Waals surface area contributed by atoms with Crippen molar-refractivity contribution in [3.63, 3.8) is 0 Å². The van der Waals surface area contributed by atoms with Crippen LogP contribution >= 0.6 is 11.6 Å². The van der Waals surface area contributed by atoms with Gasteiger partial charge in [0.25, 0.3) is 11.5 Å². The van der Waals surface area contributed by atoms with Gasteiger partial charge in [0, 0.05) is 63.6 Å². The number of rotatable bonds is 5. The van der Waals surface area contributed by atoms with Gasteiger partial charge in [-0.2, -0.15) is 0 Å². The number of halogens is 1. The van der Waals surface area contributed by atoms with Crippen LogP contribution in [-0.4, -0.2) is 62.4 Å². The number of aliphatic hydroxyl groups excluding tert-OH is 1. The molecule has 0 unspecified atom stereocenters. The number of aromatic nitrogens is 4. The standard InChI is InChI=1S/C25H27ClN6O4/c1-15-12-27-25(28-13-15)30-8-5-17(6-9-30)36-21-11-23(34)32(14-18(21)26)22-4-3-19(16(2)29-22)31-10-7-20(33)24(31)35/h3-4,11-14,17,20,33H,5-10H2,1-2H3/t20-/m1/s1. The van der Waals surface area contributed by atoms with Gasteiger partial charge < -0.3 is 19.6 Å². The van der Waals surface area contributed by atoms with E-state index in [0.29, 0.717) is 46.9 Å². The molecule has 0 spiro atoms. The Balaban J connectivity index is 1.28. The molecule has 5 heterocycles. The summed E-state index contributed by atoms with van der Waals surface area (Å²) in [7, 11) is 0. The van der Waals surface area contributed by atoms with E-state index in [-0.39, 0.29) is 17.6 Å². The molecule has 5 rings (SSSR count). The lowest BCUT2D eigenvalue weighted by atomic mass is 10.1. The predicted molar refractivity (Wildman–Crippen MR) is 135 cm³/mol. The van der Waals surface area contributed by atoms with Gasteiger partial charge in [-0.05, 0) is 31.5 Å². The molecule has 0 saturated carbocycles. The Morgan fingerprint density at radius 1 is 1.06 bits per heavy atom. The summed E-state index contributed by atoms with van der Waals surface area (Å²) in [5.41, 5.74) is 1.88. The number of aryl methyl sites for hydroxylation is 2. The van der Waals surface area contributed by atoms with Crippen LogP contribution in [0.3, 0.4) is 0 Å². The summed E-state index contributed by atoms with van der Waals surface area (Å²) in [6.07, 6.45) is 5.94. The van der Waals surface area contributed by atoms with E-state index in [4.69, 9.17) is 16.3 Å². The number of carbonyl (C=O) groups is 1. The number of nitrogens with zero attached hydrogens (tertiary/aromatic N) is 6. The number of piperidine rings is 1. The molecule has 36 heavy (non-hydrogen) atoms. The Bertz CT molecular complexity index is 1340. The van der Waals surface area contributed by atoms with Gasteiger partial charge >= 0.3 is 0 Å². The van der Waals surface area contributed by atoms with Crippen LogP contribution in [0, 0.1) is 13.8 Å². The summed E-state index contributed by atoms with van der Waals surface area (Å²) in [5, 5.41) is 10.1. The molecule has 2 fully saturated rings. The third kappa shape index (κ3) is 4.78. The monoisotopic (exact) mass is 510 g/mol. The second-order valence-corrected chi connectivity index (χ2v) is 9.53. The molecule has 1 N–H and O–H groups in total. The third-order valence-corrected chi connectivity index (χ3v) is 6.80. The number of ether oxygens (including phenoxy) is 1. The molecule has 188 valence electrons. The molecule has 0 bridgehead atoms. The van der Waals surface area contributed by atoms with Crippen molar-refractivity contribution in [1.82, 2.24) is 19.5 Å². The molecule has 2 aliphatic rings. The fourth-order valence-electron chi connectivity index (χ4n) is 4.53. The van der Waals surface area contributed by atoms with E-state index in [1.54, 1.807) is 31.5 Å². The SMILES string of the molecule is Cc1cnc(N2CCC(Oc3cc(=O)n(-c4ccc(N5CC[C@@H](O)C5=O)c(C)n4)cc3Cl)CC2)nc1. The van der Waals surface area contributed by atoms with E-state index >= 15 is 0 Å². The number of aliphatic hydroxyl groups is 1. The fraction of sp³-hybridized carbons (Fsp3) is 0.400. The lowest BCUT2D eigenvalue weighted by molar-refractivity contribution is -0.124. The van der Waals surface area contributed by atoms with E-state index in [9.17, 15) is 14.7 Å². The lowest BCUT2D eigenvalue weighted by Crippen LogP contribution is -2.39. The first-order chi connectivity index (χ1) is 17.3. The quantitative estimate of drug-likeness (QED) is 0.556. The molecule has 1 amide bonds. The largest absolute Gasteiger partial charge is 0.488 e. The van der Waals surface area contributed by atoms with Gasteiger partial charge in [-0.3, -0.25) is 14.2 Å². The molecule has 10 nitrogen and oxygen atoms in total. The smallest absolute Gasteiger partial charge is 0.260 e. The molecule has 2 saturated heterocycles. The minimum absolute atomic E-state index is 0.0764. The summed E-state index contributed by atoms with van der Waals surface area (Å²) in [6, 6.07) is 4.76. The molecule has 2 aliphatic heterocycles. The van der Waals surface area contributed by atoms with Gasteiger partial charge in [0.2, 0.25) is 5.95 Å². The summed E-state index contributed by atoms with van der Waals surface area (Å²) in [4.78, 5) is 42.0. The number of hydrogen-bond donors (Lipinski definition) is 1. The van der Waals surface area contributed by atoms with Gasteiger partial charge in [-0.15, -0.1) is 0 Å². The van der Waals surface area contributed by atoms with Crippen molar-refractivity contribution in [2.75, 3.05) is 29.4 Å². The van der Waals surface area contributed by atoms with Crippen LogP contribution < -0.4 is 20.1 Å². The van der Waals surface area contributed by atoms with Gasteiger partial charge in [0.05, 0.1) is 16.4 Å². The van der Waals surface area contributed by atoms with Gasteiger partial charge in [-0.1, -0.05) is 11.6 Å². The average Bonchev–Trinajstić information content (AvgIpc) is 3.20. The first-order valence-electron chi connectivity index (χ1n) is 11.9. The van der Waals surface area contributed by atoms with E-state index in [0.717, 1.165) is 31.5 Å². The maximum Gasteiger partial charge on any atom is 0.260 e. The average molecular weight is 511 g/mol. The lowest BCUT2D eigenvalue weighted by Gasteiger charge is -2.32. The van der Waals surface area contributed by atoms with E-state index in [1.165, 1.54) is 21.7 Å². The van der Waals surface area contributed by atoms with Crippen LogP contribution in [-0.2, 0) is 4.79 Å². The van der Waals surface area contributed by atoms with Crippen molar-refractivity contribution in [2.45, 2.75) is 45.3 Å². The molecule has 3 aromatic heterocycles. The Morgan fingerprint density at radius 3 is 2.42 bits per heavy atom. The van der Waals surface area contributed by atoms with Crippen molar-refractivity contribution in [3.8, 4) is 11.6 Å². The number of pyridine rings is 2. The highest BCUT2D eigenvalue weighted by Gasteiger charge is 2.32. The van der Waals surface area contributed by atoms with Crippen LogP contribution in [0.25, 0.3) is 5.82 Å². The fourth-order valence-corrected chi connectivity index (χ4v) is 4.72. The van der Waals surface area contributed by atoms with Gasteiger partial charge in [0.15, 0.2) is 0 Å². The van der Waals surface area contributed by atoms with Gasteiger partial charge in [-0.25, -0.2) is 15.0 Å². The maximum absolute atomic E-state index is 12.9. The highest BCUT2D eigenvalue weighted by atomic mass is 35.5.